The van der Waals surface area contributed by atoms with Crippen LogP contribution >= 0.6 is 0 Å². The molecule has 0 aromatic rings. The highest BCUT2D eigenvalue weighted by atomic mass is 16.5. The molecule has 0 saturated carbocycles. The molecule has 0 radical (unpaired) electrons. The van der Waals surface area contributed by atoms with Crippen molar-refractivity contribution in [2.24, 2.45) is 0 Å². The second kappa shape index (κ2) is 55.9. The molecule has 0 rings (SSSR count). The first-order chi connectivity index (χ1) is 32.5. The largest absolute Gasteiger partial charge is 0.466 e. The van der Waals surface area contributed by atoms with Gasteiger partial charge in [0, 0.05) is 12.8 Å². The third kappa shape index (κ3) is 51.7. The number of hydrogen-bond acceptors (Lipinski definition) is 5. The van der Waals surface area contributed by atoms with E-state index in [0.717, 1.165) is 64.2 Å². The van der Waals surface area contributed by atoms with E-state index in [1.165, 1.54) is 225 Å². The minimum Gasteiger partial charge on any atom is -0.466 e. The van der Waals surface area contributed by atoms with Crippen LogP contribution in [0.4, 0.5) is 0 Å². The lowest BCUT2D eigenvalue weighted by Gasteiger charge is -2.22. The van der Waals surface area contributed by atoms with Crippen LogP contribution in [0.1, 0.15) is 322 Å². The Morgan fingerprint density at radius 2 is 0.727 bits per heavy atom. The van der Waals surface area contributed by atoms with Gasteiger partial charge in [0.05, 0.1) is 25.4 Å². The van der Waals surface area contributed by atoms with E-state index < -0.39 is 12.1 Å². The standard InChI is InChI=1S/C60H115NO5/c1-3-5-7-9-11-13-15-16-17-18-19-20-21-22-23-26-29-33-36-40-44-48-52-58(63)57(56-62)61-59(64)53-49-45-41-37-34-30-27-24-25-28-31-35-39-43-47-51-55-66-60(65)54-50-46-42-38-32-14-12-10-8-6-4-2/h10,12,24,27,57-58,62-63H,3-9,11,13-23,25-26,28-56H2,1-2H3,(H,61,64)/b12-10-,27-24-. The number of amides is 1. The number of nitrogens with one attached hydrogen (secondary N) is 1. The maximum Gasteiger partial charge on any atom is 0.305 e. The molecule has 2 unspecified atom stereocenters. The molecule has 0 aromatic heterocycles. The molecule has 66 heavy (non-hydrogen) atoms. The molecule has 0 heterocycles. The number of carbonyl (C=O) groups is 2. The van der Waals surface area contributed by atoms with Crippen LogP contribution in [-0.4, -0.2) is 47.4 Å². The predicted molar refractivity (Wildman–Crippen MR) is 287 cm³/mol. The van der Waals surface area contributed by atoms with Gasteiger partial charge in [0.15, 0.2) is 0 Å². The molecule has 6 heteroatoms. The summed E-state index contributed by atoms with van der Waals surface area (Å²) in [6, 6.07) is -0.555. The number of aliphatic hydroxyl groups excluding tert-OH is 2. The van der Waals surface area contributed by atoms with Gasteiger partial charge in [0.2, 0.25) is 5.91 Å². The third-order valence-electron chi connectivity index (χ3n) is 13.7. The van der Waals surface area contributed by atoms with Crippen molar-refractivity contribution in [2.75, 3.05) is 13.2 Å². The van der Waals surface area contributed by atoms with Crippen molar-refractivity contribution in [1.82, 2.24) is 5.32 Å². The van der Waals surface area contributed by atoms with Crippen LogP contribution in [0.2, 0.25) is 0 Å². The number of esters is 1. The molecule has 2 atom stereocenters. The number of rotatable bonds is 55. The summed E-state index contributed by atoms with van der Waals surface area (Å²) in [4.78, 5) is 24.5. The second-order valence-electron chi connectivity index (χ2n) is 20.3. The summed E-state index contributed by atoms with van der Waals surface area (Å²) in [6.07, 6.45) is 67.4. The minimum absolute atomic E-state index is 0.0134. The Morgan fingerprint density at radius 1 is 0.409 bits per heavy atom. The quantitative estimate of drug-likeness (QED) is 0.0321. The topological polar surface area (TPSA) is 95.9 Å². The van der Waals surface area contributed by atoms with Gasteiger partial charge in [-0.3, -0.25) is 9.59 Å². The van der Waals surface area contributed by atoms with E-state index in [1.807, 2.05) is 0 Å². The smallest absolute Gasteiger partial charge is 0.305 e. The molecule has 1 amide bonds. The first kappa shape index (κ1) is 64.3. The Morgan fingerprint density at radius 3 is 1.12 bits per heavy atom. The minimum atomic E-state index is -0.676. The highest BCUT2D eigenvalue weighted by Gasteiger charge is 2.20. The lowest BCUT2D eigenvalue weighted by Crippen LogP contribution is -2.45. The monoisotopic (exact) mass is 930 g/mol. The molecule has 3 N–H and O–H groups in total. The van der Waals surface area contributed by atoms with Crippen molar-refractivity contribution in [3.8, 4) is 0 Å². The first-order valence-electron chi connectivity index (χ1n) is 29.6. The predicted octanol–water partition coefficient (Wildman–Crippen LogP) is 18.2. The molecule has 0 spiro atoms. The molecule has 0 saturated heterocycles. The van der Waals surface area contributed by atoms with Crippen molar-refractivity contribution >= 4 is 11.9 Å². The average molecular weight is 931 g/mol. The van der Waals surface area contributed by atoms with Gasteiger partial charge in [-0.1, -0.05) is 263 Å². The van der Waals surface area contributed by atoms with E-state index in [4.69, 9.17) is 4.74 Å². The van der Waals surface area contributed by atoms with Gasteiger partial charge < -0.3 is 20.3 Å². The summed E-state index contributed by atoms with van der Waals surface area (Å²) in [5.74, 6) is -0.0629. The fraction of sp³-hybridized carbons (Fsp3) is 0.900. The number of unbranched alkanes of at least 4 members (excludes halogenated alkanes) is 40. The highest BCUT2D eigenvalue weighted by molar-refractivity contribution is 5.76. The Hall–Kier alpha value is -1.66. The molecule has 0 aliphatic rings. The fourth-order valence-electron chi connectivity index (χ4n) is 9.15. The number of carbonyl (C=O) groups excluding carboxylic acids is 2. The Balaban J connectivity index is 3.47. The van der Waals surface area contributed by atoms with Crippen molar-refractivity contribution in [3.63, 3.8) is 0 Å². The van der Waals surface area contributed by atoms with Crippen LogP contribution in [0.25, 0.3) is 0 Å². The molecular formula is C60H115NO5. The summed E-state index contributed by atoms with van der Waals surface area (Å²) in [5.41, 5.74) is 0. The fourth-order valence-corrected chi connectivity index (χ4v) is 9.15. The maximum atomic E-state index is 12.5. The van der Waals surface area contributed by atoms with Crippen LogP contribution in [0.15, 0.2) is 24.3 Å². The van der Waals surface area contributed by atoms with Crippen molar-refractivity contribution in [1.29, 1.82) is 0 Å². The van der Waals surface area contributed by atoms with E-state index in [0.29, 0.717) is 25.9 Å². The Bertz CT molecular complexity index is 1030. The molecule has 390 valence electrons. The molecule has 0 aromatic carbocycles. The van der Waals surface area contributed by atoms with E-state index in [1.54, 1.807) is 0 Å². The number of aliphatic hydroxyl groups is 2. The van der Waals surface area contributed by atoms with E-state index >= 15 is 0 Å². The number of allylic oxidation sites excluding steroid dienone is 4. The van der Waals surface area contributed by atoms with Gasteiger partial charge in [0.25, 0.3) is 0 Å². The van der Waals surface area contributed by atoms with Crippen LogP contribution in [0.5, 0.6) is 0 Å². The number of ether oxygens (including phenoxy) is 1. The van der Waals surface area contributed by atoms with Gasteiger partial charge in [-0.25, -0.2) is 0 Å². The highest BCUT2D eigenvalue weighted by Crippen LogP contribution is 2.17. The summed E-state index contributed by atoms with van der Waals surface area (Å²) in [6.45, 7) is 4.91. The zero-order chi connectivity index (χ0) is 47.9. The molecule has 0 fully saturated rings. The second-order valence-corrected chi connectivity index (χ2v) is 20.3. The molecule has 0 aliphatic carbocycles. The van der Waals surface area contributed by atoms with Gasteiger partial charge in [-0.05, 0) is 70.6 Å². The van der Waals surface area contributed by atoms with Gasteiger partial charge >= 0.3 is 5.97 Å². The van der Waals surface area contributed by atoms with Crippen LogP contribution < -0.4 is 5.32 Å². The van der Waals surface area contributed by atoms with Gasteiger partial charge in [-0.2, -0.15) is 0 Å². The van der Waals surface area contributed by atoms with E-state index in [-0.39, 0.29) is 18.5 Å². The molecule has 6 nitrogen and oxygen atoms in total. The SMILES string of the molecule is CCCC/C=C\CCCCCCCC(=O)OCCCCCCCCC/C=C\CCCCCCCC(=O)NC(CO)C(O)CCCCCCCCCCCCCCCCCCCCCCCC. The average Bonchev–Trinajstić information content (AvgIpc) is 3.32. The van der Waals surface area contributed by atoms with Gasteiger partial charge in [-0.15, -0.1) is 0 Å². The zero-order valence-corrected chi connectivity index (χ0v) is 44.4. The van der Waals surface area contributed by atoms with Crippen molar-refractivity contribution in [3.05, 3.63) is 24.3 Å². The van der Waals surface area contributed by atoms with Crippen LogP contribution in [0, 0.1) is 0 Å². The summed E-state index contributed by atoms with van der Waals surface area (Å²) < 4.78 is 5.44. The lowest BCUT2D eigenvalue weighted by atomic mass is 10.0. The Labute approximate surface area is 411 Å². The summed E-state index contributed by atoms with van der Waals surface area (Å²) in [5, 5.41) is 23.3. The van der Waals surface area contributed by atoms with Crippen molar-refractivity contribution < 1.29 is 24.5 Å². The lowest BCUT2D eigenvalue weighted by molar-refractivity contribution is -0.143. The summed E-state index contributed by atoms with van der Waals surface area (Å²) >= 11 is 0. The molecule has 0 bridgehead atoms. The van der Waals surface area contributed by atoms with Crippen LogP contribution in [0.3, 0.4) is 0 Å². The van der Waals surface area contributed by atoms with Crippen molar-refractivity contribution in [2.45, 2.75) is 334 Å². The normalized spacial score (nSPS) is 12.7. The first-order valence-corrected chi connectivity index (χ1v) is 29.6. The van der Waals surface area contributed by atoms with E-state index in [9.17, 15) is 19.8 Å². The molecule has 0 aliphatic heterocycles. The maximum absolute atomic E-state index is 12.5. The number of hydrogen-bond donors (Lipinski definition) is 3. The summed E-state index contributed by atoms with van der Waals surface area (Å²) in [7, 11) is 0. The van der Waals surface area contributed by atoms with Crippen LogP contribution in [-0.2, 0) is 14.3 Å². The zero-order valence-electron chi connectivity index (χ0n) is 44.4. The van der Waals surface area contributed by atoms with Gasteiger partial charge in [0.1, 0.15) is 0 Å². The Kier molecular flexibility index (Phi) is 54.5. The molecular weight excluding hydrogens is 815 g/mol. The third-order valence-corrected chi connectivity index (χ3v) is 13.7. The van der Waals surface area contributed by atoms with E-state index in [2.05, 4.69) is 43.5 Å².